The highest BCUT2D eigenvalue weighted by molar-refractivity contribution is 6.31. The van der Waals surface area contributed by atoms with E-state index in [1.165, 1.54) is 7.11 Å². The van der Waals surface area contributed by atoms with Gasteiger partial charge in [0.15, 0.2) is 0 Å². The molecule has 2 aromatic rings. The lowest BCUT2D eigenvalue weighted by atomic mass is 9.87. The quantitative estimate of drug-likeness (QED) is 0.343. The molecule has 0 radical (unpaired) electrons. The number of methoxy groups -OCH3 is 1. The molecule has 3 unspecified atom stereocenters. The first-order valence-corrected chi connectivity index (χ1v) is 12.3. The number of aromatic nitrogens is 1. The molecule has 1 aromatic heterocycles. The summed E-state index contributed by atoms with van der Waals surface area (Å²) in [5, 5.41) is 9.32. The summed E-state index contributed by atoms with van der Waals surface area (Å²) in [6.07, 6.45) is 1.81. The van der Waals surface area contributed by atoms with E-state index in [9.17, 15) is 19.2 Å². The summed E-state index contributed by atoms with van der Waals surface area (Å²) >= 11 is 6.13. The van der Waals surface area contributed by atoms with Gasteiger partial charge in [-0.05, 0) is 49.3 Å². The van der Waals surface area contributed by atoms with Gasteiger partial charge in [-0.25, -0.2) is 0 Å². The van der Waals surface area contributed by atoms with Crippen LogP contribution in [0.1, 0.15) is 56.9 Å². The number of hydrogen-bond donors (Lipinski definition) is 5. The molecule has 3 atom stereocenters. The molecule has 196 valence electrons. The van der Waals surface area contributed by atoms with Gasteiger partial charge in [0.1, 0.15) is 23.5 Å². The molecule has 0 bridgehead atoms. The predicted octanol–water partition coefficient (Wildman–Crippen LogP) is 2.25. The van der Waals surface area contributed by atoms with Crippen molar-refractivity contribution < 1.29 is 23.9 Å². The summed E-state index contributed by atoms with van der Waals surface area (Å²) in [5.41, 5.74) is 6.06. The average molecular weight is 520 g/mol. The zero-order valence-electron chi connectivity index (χ0n) is 21.0. The van der Waals surface area contributed by atoms with Crippen LogP contribution in [0.25, 0.3) is 10.9 Å². The Morgan fingerprint density at radius 1 is 1.19 bits per heavy atom. The van der Waals surface area contributed by atoms with Crippen molar-refractivity contribution in [3.05, 3.63) is 28.9 Å². The second kappa shape index (κ2) is 11.2. The number of ether oxygens (including phenoxy) is 1. The Kier molecular flexibility index (Phi) is 8.50. The van der Waals surface area contributed by atoms with Gasteiger partial charge < -0.3 is 31.4 Å². The molecule has 11 heteroatoms. The first kappa shape index (κ1) is 27.3. The van der Waals surface area contributed by atoms with Crippen LogP contribution in [0, 0.1) is 11.3 Å². The fraction of sp³-hybridized carbons (Fsp3) is 0.520. The monoisotopic (exact) mass is 519 g/mol. The van der Waals surface area contributed by atoms with Crippen molar-refractivity contribution in [2.24, 2.45) is 17.1 Å². The fourth-order valence-corrected chi connectivity index (χ4v) is 4.59. The second-order valence-electron chi connectivity index (χ2n) is 10.4. The van der Waals surface area contributed by atoms with Crippen molar-refractivity contribution in [1.82, 2.24) is 20.9 Å². The molecule has 0 saturated carbocycles. The molecule has 10 nitrogen and oxygen atoms in total. The lowest BCUT2D eigenvalue weighted by molar-refractivity contribution is -0.131. The van der Waals surface area contributed by atoms with Crippen LogP contribution in [0.15, 0.2) is 18.2 Å². The summed E-state index contributed by atoms with van der Waals surface area (Å²) in [6, 6.07) is 2.96. The van der Waals surface area contributed by atoms with Crippen LogP contribution in [-0.4, -0.2) is 54.4 Å². The minimum atomic E-state index is -1.04. The van der Waals surface area contributed by atoms with Crippen LogP contribution in [0.2, 0.25) is 5.02 Å². The van der Waals surface area contributed by atoms with Gasteiger partial charge in [-0.1, -0.05) is 32.4 Å². The number of carbonyl (C=O) groups is 4. The Morgan fingerprint density at radius 2 is 1.92 bits per heavy atom. The van der Waals surface area contributed by atoms with Crippen LogP contribution < -0.4 is 26.4 Å². The molecule has 0 spiro atoms. The van der Waals surface area contributed by atoms with Crippen LogP contribution in [0.3, 0.4) is 0 Å². The molecule has 1 saturated heterocycles. The molecule has 3 rings (SSSR count). The van der Waals surface area contributed by atoms with Crippen molar-refractivity contribution in [3.8, 4) is 5.75 Å². The Hall–Kier alpha value is -3.27. The van der Waals surface area contributed by atoms with Gasteiger partial charge >= 0.3 is 0 Å². The number of benzene rings is 1. The Labute approximate surface area is 215 Å². The minimum Gasteiger partial charge on any atom is -0.496 e. The van der Waals surface area contributed by atoms with Gasteiger partial charge in [0.25, 0.3) is 5.91 Å². The minimum absolute atomic E-state index is 0.103. The first-order valence-electron chi connectivity index (χ1n) is 11.9. The summed E-state index contributed by atoms with van der Waals surface area (Å²) in [6.45, 7) is 6.40. The maximum absolute atomic E-state index is 13.3. The van der Waals surface area contributed by atoms with E-state index in [-0.39, 0.29) is 23.4 Å². The number of nitrogens with one attached hydrogen (secondary N) is 4. The second-order valence-corrected chi connectivity index (χ2v) is 10.8. The molecule has 0 aliphatic carbocycles. The van der Waals surface area contributed by atoms with Crippen molar-refractivity contribution in [1.29, 1.82) is 0 Å². The lowest BCUT2D eigenvalue weighted by Gasteiger charge is -2.29. The van der Waals surface area contributed by atoms with Crippen molar-refractivity contribution in [3.63, 3.8) is 0 Å². The number of H-pyrrole nitrogens is 1. The largest absolute Gasteiger partial charge is 0.496 e. The standard InChI is InChI=1S/C25H34ClN5O5/c1-25(2,3)12-19(24(35)30-17(21(27)32)8-13-6-5-7-28-22(13)33)31-23(34)18-11-15-16(29-18)9-14(26)10-20(15)36-4/h9-11,13,17,19,29H,5-8,12H2,1-4H3,(H2,27,32)(H,28,33)(H,30,35)(H,31,34). The molecular weight excluding hydrogens is 486 g/mol. The highest BCUT2D eigenvalue weighted by Gasteiger charge is 2.33. The molecule has 1 fully saturated rings. The van der Waals surface area contributed by atoms with Crippen LogP contribution in [-0.2, 0) is 14.4 Å². The number of carbonyl (C=O) groups excluding carboxylic acids is 4. The molecule has 36 heavy (non-hydrogen) atoms. The number of nitrogens with two attached hydrogens (primary N) is 1. The third-order valence-corrected chi connectivity index (χ3v) is 6.37. The third-order valence-electron chi connectivity index (χ3n) is 6.15. The van der Waals surface area contributed by atoms with E-state index in [0.29, 0.717) is 41.1 Å². The van der Waals surface area contributed by atoms with E-state index >= 15 is 0 Å². The van der Waals surface area contributed by atoms with E-state index in [4.69, 9.17) is 22.1 Å². The SMILES string of the molecule is COc1cc(Cl)cc2[nH]c(C(=O)NC(CC(C)(C)C)C(=O)NC(CC3CCCNC3=O)C(N)=O)cc12. The van der Waals surface area contributed by atoms with E-state index in [1.54, 1.807) is 18.2 Å². The topological polar surface area (TPSA) is 155 Å². The summed E-state index contributed by atoms with van der Waals surface area (Å²) in [4.78, 5) is 53.7. The summed E-state index contributed by atoms with van der Waals surface area (Å²) in [7, 11) is 1.51. The molecule has 6 N–H and O–H groups in total. The van der Waals surface area contributed by atoms with Gasteiger partial charge in [-0.3, -0.25) is 19.2 Å². The van der Waals surface area contributed by atoms with Gasteiger partial charge in [-0.15, -0.1) is 0 Å². The molecule has 1 aliphatic rings. The van der Waals surface area contributed by atoms with Crippen molar-refractivity contribution in [2.45, 2.75) is 58.5 Å². The smallest absolute Gasteiger partial charge is 0.268 e. The molecule has 1 aromatic carbocycles. The number of halogens is 1. The van der Waals surface area contributed by atoms with Crippen LogP contribution >= 0.6 is 11.6 Å². The van der Waals surface area contributed by atoms with Gasteiger partial charge in [0.2, 0.25) is 17.7 Å². The van der Waals surface area contributed by atoms with Crippen molar-refractivity contribution >= 4 is 46.1 Å². The maximum atomic E-state index is 13.3. The normalized spacial score (nSPS) is 17.7. The maximum Gasteiger partial charge on any atom is 0.268 e. The number of aromatic amines is 1. The predicted molar refractivity (Wildman–Crippen MR) is 137 cm³/mol. The average Bonchev–Trinajstić information content (AvgIpc) is 3.22. The van der Waals surface area contributed by atoms with E-state index in [1.807, 2.05) is 20.8 Å². The Morgan fingerprint density at radius 3 is 2.53 bits per heavy atom. The summed E-state index contributed by atoms with van der Waals surface area (Å²) < 4.78 is 5.35. The summed E-state index contributed by atoms with van der Waals surface area (Å²) in [5.74, 6) is -1.85. The third kappa shape index (κ3) is 6.90. The lowest BCUT2D eigenvalue weighted by Crippen LogP contribution is -2.55. The molecule has 2 heterocycles. The van der Waals surface area contributed by atoms with Gasteiger partial charge in [0, 0.05) is 22.9 Å². The zero-order valence-corrected chi connectivity index (χ0v) is 21.8. The molecular formula is C25H34ClN5O5. The van der Waals surface area contributed by atoms with Gasteiger partial charge in [-0.2, -0.15) is 0 Å². The number of primary amides is 1. The number of hydrogen-bond acceptors (Lipinski definition) is 5. The van der Waals surface area contributed by atoms with E-state index in [2.05, 4.69) is 20.9 Å². The molecule has 1 aliphatic heterocycles. The van der Waals surface area contributed by atoms with Crippen LogP contribution in [0.4, 0.5) is 0 Å². The fourth-order valence-electron chi connectivity index (χ4n) is 4.38. The van der Waals surface area contributed by atoms with Crippen molar-refractivity contribution in [2.75, 3.05) is 13.7 Å². The number of fused-ring (bicyclic) bond motifs is 1. The highest BCUT2D eigenvalue weighted by atomic mass is 35.5. The highest BCUT2D eigenvalue weighted by Crippen LogP contribution is 2.30. The first-order chi connectivity index (χ1) is 16.9. The zero-order chi connectivity index (χ0) is 26.6. The number of piperidine rings is 1. The Bertz CT molecular complexity index is 1160. The number of amides is 4. The number of rotatable bonds is 9. The molecule has 4 amide bonds. The van der Waals surface area contributed by atoms with E-state index in [0.717, 1.165) is 6.42 Å². The van der Waals surface area contributed by atoms with E-state index < -0.39 is 35.7 Å². The van der Waals surface area contributed by atoms with Gasteiger partial charge in [0.05, 0.1) is 12.6 Å². The Balaban J connectivity index is 1.79. The van der Waals surface area contributed by atoms with Crippen LogP contribution in [0.5, 0.6) is 5.75 Å².